The number of hydrogen-bond acceptors (Lipinski definition) is 2. The summed E-state index contributed by atoms with van der Waals surface area (Å²) in [5, 5.41) is 0. The molecule has 1 aliphatic rings. The number of nitrogens with two attached hydrogens (primary N) is 1. The van der Waals surface area contributed by atoms with Crippen molar-refractivity contribution in [3.05, 3.63) is 0 Å². The molecule has 0 radical (unpaired) electrons. The van der Waals surface area contributed by atoms with Gasteiger partial charge in [0.1, 0.15) is 0 Å². The molecule has 0 saturated carbocycles. The summed E-state index contributed by atoms with van der Waals surface area (Å²) >= 11 is 0. The first-order valence-corrected chi connectivity index (χ1v) is 5.29. The first-order chi connectivity index (χ1) is 6.77. The van der Waals surface area contributed by atoms with E-state index >= 15 is 0 Å². The molecule has 1 saturated heterocycles. The number of rotatable bonds is 3. The fraction of sp³-hybridized carbons (Fsp3) is 0.800. The number of nitrogens with zero attached hydrogens (tertiary/aromatic N) is 2. The van der Waals surface area contributed by atoms with Gasteiger partial charge in [-0.2, -0.15) is 0 Å². The third-order valence-electron chi connectivity index (χ3n) is 2.51. The van der Waals surface area contributed by atoms with Crippen molar-refractivity contribution in [2.45, 2.75) is 38.6 Å². The van der Waals surface area contributed by atoms with Crippen LogP contribution >= 0.6 is 0 Å². The van der Waals surface area contributed by atoms with Crippen molar-refractivity contribution in [2.24, 2.45) is 10.7 Å². The van der Waals surface area contributed by atoms with Crippen molar-refractivity contribution in [3.8, 4) is 0 Å². The van der Waals surface area contributed by atoms with Crippen LogP contribution in [0.1, 0.15) is 32.6 Å². The molecule has 0 aromatic rings. The molecule has 80 valence electrons. The van der Waals surface area contributed by atoms with Crippen LogP contribution in [-0.4, -0.2) is 36.3 Å². The monoisotopic (exact) mass is 197 g/mol. The maximum Gasteiger partial charge on any atom is 0.222 e. The lowest BCUT2D eigenvalue weighted by atomic mass is 10.1. The number of likely N-dealkylation sites (tertiary alicyclic amines) is 1. The number of amides is 1. The average molecular weight is 197 g/mol. The summed E-state index contributed by atoms with van der Waals surface area (Å²) in [6.45, 7) is 3.65. The normalized spacial score (nSPS) is 22.9. The Kier molecular flexibility index (Phi) is 4.43. The van der Waals surface area contributed by atoms with Crippen LogP contribution in [0.5, 0.6) is 0 Å². The zero-order chi connectivity index (χ0) is 10.4. The number of aliphatic imine (C=N–C) groups is 1. The molecule has 2 N–H and O–H groups in total. The van der Waals surface area contributed by atoms with Crippen molar-refractivity contribution in [1.29, 1.82) is 0 Å². The summed E-state index contributed by atoms with van der Waals surface area (Å²) < 4.78 is 0. The van der Waals surface area contributed by atoms with Crippen LogP contribution in [0.3, 0.4) is 0 Å². The second-order valence-electron chi connectivity index (χ2n) is 3.68. The molecule has 0 aromatic heterocycles. The van der Waals surface area contributed by atoms with Gasteiger partial charge in [0.05, 0.1) is 12.4 Å². The molecule has 1 unspecified atom stereocenters. The minimum atomic E-state index is 0.217. The van der Waals surface area contributed by atoms with Crippen LogP contribution in [-0.2, 0) is 4.79 Å². The van der Waals surface area contributed by atoms with Crippen molar-refractivity contribution in [2.75, 3.05) is 13.1 Å². The van der Waals surface area contributed by atoms with Crippen molar-refractivity contribution < 1.29 is 4.79 Å². The molecular weight excluding hydrogens is 178 g/mol. The maximum absolute atomic E-state index is 11.6. The van der Waals surface area contributed by atoms with Gasteiger partial charge in [0.15, 0.2) is 0 Å². The van der Waals surface area contributed by atoms with E-state index in [2.05, 4.69) is 4.99 Å². The fourth-order valence-corrected chi connectivity index (χ4v) is 1.80. The second-order valence-corrected chi connectivity index (χ2v) is 3.68. The summed E-state index contributed by atoms with van der Waals surface area (Å²) in [6, 6.07) is 0.217. The highest BCUT2D eigenvalue weighted by Gasteiger charge is 2.21. The van der Waals surface area contributed by atoms with E-state index in [1.165, 1.54) is 6.34 Å². The number of carbonyl (C=O) groups is 1. The van der Waals surface area contributed by atoms with E-state index in [1.54, 1.807) is 0 Å². The third kappa shape index (κ3) is 3.01. The van der Waals surface area contributed by atoms with E-state index in [4.69, 9.17) is 5.73 Å². The van der Waals surface area contributed by atoms with Crippen molar-refractivity contribution in [3.63, 3.8) is 0 Å². The van der Waals surface area contributed by atoms with E-state index in [0.717, 1.165) is 32.4 Å². The lowest BCUT2D eigenvalue weighted by Crippen LogP contribution is -2.41. The molecule has 4 heteroatoms. The Morgan fingerprint density at radius 3 is 3.14 bits per heavy atom. The number of hydrogen-bond donors (Lipinski definition) is 1. The number of carbonyl (C=O) groups excluding carboxylic acids is 1. The minimum absolute atomic E-state index is 0.217. The largest absolute Gasteiger partial charge is 0.390 e. The van der Waals surface area contributed by atoms with Gasteiger partial charge < -0.3 is 10.6 Å². The highest BCUT2D eigenvalue weighted by atomic mass is 16.2. The summed E-state index contributed by atoms with van der Waals surface area (Å²) in [7, 11) is 0. The maximum atomic E-state index is 11.6. The molecule has 1 fully saturated rings. The highest BCUT2D eigenvalue weighted by molar-refractivity contribution is 5.76. The topological polar surface area (TPSA) is 58.7 Å². The lowest BCUT2D eigenvalue weighted by Gasteiger charge is -2.30. The molecule has 0 aliphatic carbocycles. The Morgan fingerprint density at radius 2 is 2.50 bits per heavy atom. The Labute approximate surface area is 85.2 Å². The highest BCUT2D eigenvalue weighted by Crippen LogP contribution is 2.13. The van der Waals surface area contributed by atoms with Gasteiger partial charge in [-0.25, -0.2) is 0 Å². The van der Waals surface area contributed by atoms with Gasteiger partial charge in [-0.15, -0.1) is 0 Å². The van der Waals surface area contributed by atoms with E-state index in [0.29, 0.717) is 6.42 Å². The lowest BCUT2D eigenvalue weighted by molar-refractivity contribution is -0.132. The molecule has 1 amide bonds. The Morgan fingerprint density at radius 1 is 1.71 bits per heavy atom. The molecule has 1 heterocycles. The minimum Gasteiger partial charge on any atom is -0.390 e. The molecule has 0 spiro atoms. The molecule has 14 heavy (non-hydrogen) atoms. The van der Waals surface area contributed by atoms with Gasteiger partial charge in [-0.1, -0.05) is 6.92 Å². The predicted octanol–water partition coefficient (Wildman–Crippen LogP) is 0.765. The second kappa shape index (κ2) is 5.62. The summed E-state index contributed by atoms with van der Waals surface area (Å²) in [4.78, 5) is 17.6. The van der Waals surface area contributed by atoms with E-state index < -0.39 is 0 Å². The molecule has 0 bridgehead atoms. The van der Waals surface area contributed by atoms with Gasteiger partial charge in [-0.05, 0) is 19.3 Å². The van der Waals surface area contributed by atoms with E-state index in [9.17, 15) is 4.79 Å². The average Bonchev–Trinajstić information content (AvgIpc) is 2.19. The molecule has 1 aliphatic heterocycles. The third-order valence-corrected chi connectivity index (χ3v) is 2.51. The standard InChI is InChI=1S/C10H19N3O/c1-2-4-10(14)13-6-3-5-9(7-13)12-8-11/h8-9H,2-7H2,1H3,(H2,11,12). The van der Waals surface area contributed by atoms with Gasteiger partial charge in [0.2, 0.25) is 5.91 Å². The van der Waals surface area contributed by atoms with Gasteiger partial charge in [0, 0.05) is 19.5 Å². The SMILES string of the molecule is CCCC(=O)N1CCCC(N=CN)C1. The van der Waals surface area contributed by atoms with Crippen LogP contribution in [0.4, 0.5) is 0 Å². The molecule has 1 rings (SSSR count). The van der Waals surface area contributed by atoms with Crippen LogP contribution in [0, 0.1) is 0 Å². The van der Waals surface area contributed by atoms with Gasteiger partial charge in [-0.3, -0.25) is 9.79 Å². The van der Waals surface area contributed by atoms with E-state index in [1.807, 2.05) is 11.8 Å². The fourth-order valence-electron chi connectivity index (χ4n) is 1.80. The van der Waals surface area contributed by atoms with Crippen LogP contribution in [0.2, 0.25) is 0 Å². The zero-order valence-corrected chi connectivity index (χ0v) is 8.78. The first-order valence-electron chi connectivity index (χ1n) is 5.29. The summed E-state index contributed by atoms with van der Waals surface area (Å²) in [5.74, 6) is 0.254. The van der Waals surface area contributed by atoms with Crippen molar-refractivity contribution >= 4 is 12.2 Å². The van der Waals surface area contributed by atoms with Crippen molar-refractivity contribution in [1.82, 2.24) is 4.90 Å². The zero-order valence-electron chi connectivity index (χ0n) is 8.78. The predicted molar refractivity (Wildman–Crippen MR) is 57.2 cm³/mol. The van der Waals surface area contributed by atoms with Gasteiger partial charge >= 0.3 is 0 Å². The molecule has 4 nitrogen and oxygen atoms in total. The summed E-state index contributed by atoms with van der Waals surface area (Å²) in [5.41, 5.74) is 5.24. The summed E-state index contributed by atoms with van der Waals surface area (Å²) in [6.07, 6.45) is 5.00. The molecule has 1 atom stereocenters. The van der Waals surface area contributed by atoms with Crippen LogP contribution < -0.4 is 5.73 Å². The smallest absolute Gasteiger partial charge is 0.222 e. The molecular formula is C10H19N3O. The Balaban J connectivity index is 2.43. The van der Waals surface area contributed by atoms with Crippen LogP contribution in [0.15, 0.2) is 4.99 Å². The quantitative estimate of drug-likeness (QED) is 0.536. The Bertz CT molecular complexity index is 215. The Hall–Kier alpha value is -1.06. The van der Waals surface area contributed by atoms with Gasteiger partial charge in [0.25, 0.3) is 0 Å². The first kappa shape index (κ1) is 11.0. The molecule has 0 aromatic carbocycles. The number of piperidine rings is 1. The van der Waals surface area contributed by atoms with Crippen LogP contribution in [0.25, 0.3) is 0 Å². The van der Waals surface area contributed by atoms with E-state index in [-0.39, 0.29) is 11.9 Å².